The van der Waals surface area contributed by atoms with E-state index < -0.39 is 5.60 Å². The van der Waals surface area contributed by atoms with Crippen LogP contribution in [-0.2, 0) is 4.74 Å². The van der Waals surface area contributed by atoms with Crippen molar-refractivity contribution in [3.05, 3.63) is 30.3 Å². The molecule has 6 heteroatoms. The fraction of sp³-hybridized carbons (Fsp3) is 0.579. The van der Waals surface area contributed by atoms with Crippen LogP contribution < -0.4 is 4.74 Å². The number of hydrogen-bond acceptors (Lipinski definition) is 4. The van der Waals surface area contributed by atoms with Gasteiger partial charge in [0, 0.05) is 26.7 Å². The lowest BCUT2D eigenvalue weighted by atomic mass is 9.97. The third kappa shape index (κ3) is 6.29. The van der Waals surface area contributed by atoms with Gasteiger partial charge in [0.1, 0.15) is 11.4 Å². The maximum absolute atomic E-state index is 12.1. The molecule has 0 atom stereocenters. The third-order valence-corrected chi connectivity index (χ3v) is 4.06. The number of ether oxygens (including phenoxy) is 2. The van der Waals surface area contributed by atoms with Crippen molar-refractivity contribution in [3.63, 3.8) is 0 Å². The summed E-state index contributed by atoms with van der Waals surface area (Å²) < 4.78 is 10.7. The summed E-state index contributed by atoms with van der Waals surface area (Å²) in [6, 6.07) is 9.04. The average Bonchev–Trinajstić information content (AvgIpc) is 2.54. The molecular formula is C19H28N2O4. The first-order valence-corrected chi connectivity index (χ1v) is 8.70. The molecule has 25 heavy (non-hydrogen) atoms. The Kier molecular flexibility index (Phi) is 6.28. The Morgan fingerprint density at radius 3 is 2.32 bits per heavy atom. The quantitative estimate of drug-likeness (QED) is 0.834. The molecule has 6 nitrogen and oxygen atoms in total. The van der Waals surface area contributed by atoms with E-state index in [1.807, 2.05) is 39.0 Å². The summed E-state index contributed by atoms with van der Waals surface area (Å²) in [6.07, 6.45) is 1.08. The number of rotatable bonds is 3. The lowest BCUT2D eigenvalue weighted by Crippen LogP contribution is -2.44. The van der Waals surface area contributed by atoms with Crippen molar-refractivity contribution in [2.75, 3.05) is 26.7 Å². The zero-order chi connectivity index (χ0) is 18.4. The molecule has 2 amide bonds. The number of likely N-dealkylation sites (tertiary alicyclic amines) is 1. The van der Waals surface area contributed by atoms with Crippen molar-refractivity contribution < 1.29 is 19.1 Å². The highest BCUT2D eigenvalue weighted by Gasteiger charge is 2.28. The smallest absolute Gasteiger partial charge is 0.414 e. The van der Waals surface area contributed by atoms with Gasteiger partial charge in [-0.05, 0) is 51.7 Å². The molecule has 0 saturated carbocycles. The standard InChI is InChI=1S/C19H28N2O4/c1-19(2,3)25-18(23)21-12-10-15(11-13-21)14-20(4)17(22)24-16-8-6-5-7-9-16/h5-9,15H,10-14H2,1-4H3. The number of piperidine rings is 1. The van der Waals surface area contributed by atoms with Crippen molar-refractivity contribution >= 4 is 12.2 Å². The Labute approximate surface area is 149 Å². The predicted molar refractivity (Wildman–Crippen MR) is 95.6 cm³/mol. The molecule has 2 rings (SSSR count). The second kappa shape index (κ2) is 8.23. The highest BCUT2D eigenvalue weighted by molar-refractivity contribution is 5.70. The molecule has 1 saturated heterocycles. The minimum absolute atomic E-state index is 0.261. The highest BCUT2D eigenvalue weighted by Crippen LogP contribution is 2.21. The zero-order valence-corrected chi connectivity index (χ0v) is 15.5. The van der Waals surface area contributed by atoms with E-state index in [0.29, 0.717) is 31.3 Å². The van der Waals surface area contributed by atoms with Crippen LogP contribution in [0.15, 0.2) is 30.3 Å². The summed E-state index contributed by atoms with van der Waals surface area (Å²) in [6.45, 7) is 7.52. The second-order valence-electron chi connectivity index (χ2n) is 7.47. The van der Waals surface area contributed by atoms with Gasteiger partial charge in [0.2, 0.25) is 0 Å². The van der Waals surface area contributed by atoms with Crippen LogP contribution in [0.5, 0.6) is 5.75 Å². The monoisotopic (exact) mass is 348 g/mol. The number of nitrogens with zero attached hydrogens (tertiary/aromatic N) is 2. The fourth-order valence-electron chi connectivity index (χ4n) is 2.75. The summed E-state index contributed by atoms with van der Waals surface area (Å²) >= 11 is 0. The van der Waals surface area contributed by atoms with Gasteiger partial charge in [-0.1, -0.05) is 18.2 Å². The van der Waals surface area contributed by atoms with Crippen molar-refractivity contribution in [1.82, 2.24) is 9.80 Å². The Balaban J connectivity index is 1.75. The molecule has 0 spiro atoms. The molecule has 1 aliphatic rings. The van der Waals surface area contributed by atoms with Gasteiger partial charge in [-0.25, -0.2) is 9.59 Å². The number of para-hydroxylation sites is 1. The zero-order valence-electron chi connectivity index (χ0n) is 15.5. The first-order chi connectivity index (χ1) is 11.7. The van der Waals surface area contributed by atoms with Crippen LogP contribution in [0.25, 0.3) is 0 Å². The Morgan fingerprint density at radius 2 is 1.76 bits per heavy atom. The third-order valence-electron chi connectivity index (χ3n) is 4.06. The molecule has 138 valence electrons. The van der Waals surface area contributed by atoms with Gasteiger partial charge in [-0.3, -0.25) is 0 Å². The molecular weight excluding hydrogens is 320 g/mol. The van der Waals surface area contributed by atoms with Crippen molar-refractivity contribution in [2.45, 2.75) is 39.2 Å². The molecule has 0 bridgehead atoms. The van der Waals surface area contributed by atoms with E-state index >= 15 is 0 Å². The van der Waals surface area contributed by atoms with E-state index in [0.717, 1.165) is 12.8 Å². The normalized spacial score (nSPS) is 15.6. The van der Waals surface area contributed by atoms with E-state index in [1.54, 1.807) is 29.0 Å². The van der Waals surface area contributed by atoms with Crippen molar-refractivity contribution in [2.24, 2.45) is 5.92 Å². The maximum Gasteiger partial charge on any atom is 0.414 e. The lowest BCUT2D eigenvalue weighted by molar-refractivity contribution is 0.0173. The van der Waals surface area contributed by atoms with Crippen molar-refractivity contribution in [1.29, 1.82) is 0 Å². The molecule has 1 fully saturated rings. The highest BCUT2D eigenvalue weighted by atomic mass is 16.6. The maximum atomic E-state index is 12.1. The average molecular weight is 348 g/mol. The SMILES string of the molecule is CN(CC1CCN(C(=O)OC(C)(C)C)CC1)C(=O)Oc1ccccc1. The van der Waals surface area contributed by atoms with Crippen LogP contribution in [-0.4, -0.2) is 54.3 Å². The first kappa shape index (κ1) is 19.1. The number of carbonyl (C=O) groups excluding carboxylic acids is 2. The topological polar surface area (TPSA) is 59.1 Å². The first-order valence-electron chi connectivity index (χ1n) is 8.70. The van der Waals surface area contributed by atoms with Crippen LogP contribution in [0.1, 0.15) is 33.6 Å². The Morgan fingerprint density at radius 1 is 1.16 bits per heavy atom. The van der Waals surface area contributed by atoms with E-state index in [-0.39, 0.29) is 12.2 Å². The summed E-state index contributed by atoms with van der Waals surface area (Å²) in [5.41, 5.74) is -0.477. The van der Waals surface area contributed by atoms with Crippen LogP contribution in [0.4, 0.5) is 9.59 Å². The molecule has 0 radical (unpaired) electrons. The van der Waals surface area contributed by atoms with Gasteiger partial charge in [0.25, 0.3) is 0 Å². The van der Waals surface area contributed by atoms with Gasteiger partial charge in [-0.2, -0.15) is 0 Å². The largest absolute Gasteiger partial charge is 0.444 e. The summed E-state index contributed by atoms with van der Waals surface area (Å²) in [5, 5.41) is 0. The number of hydrogen-bond donors (Lipinski definition) is 0. The van der Waals surface area contributed by atoms with Crippen LogP contribution in [0, 0.1) is 5.92 Å². The Bertz CT molecular complexity index is 575. The lowest BCUT2D eigenvalue weighted by Gasteiger charge is -2.34. The minimum atomic E-state index is -0.477. The van der Waals surface area contributed by atoms with Crippen LogP contribution in [0.3, 0.4) is 0 Å². The molecule has 1 aromatic carbocycles. The molecule has 0 N–H and O–H groups in total. The van der Waals surface area contributed by atoms with E-state index in [4.69, 9.17) is 9.47 Å². The molecule has 0 aliphatic carbocycles. The van der Waals surface area contributed by atoms with Gasteiger partial charge < -0.3 is 19.3 Å². The van der Waals surface area contributed by atoms with Gasteiger partial charge in [-0.15, -0.1) is 0 Å². The van der Waals surface area contributed by atoms with Gasteiger partial charge >= 0.3 is 12.2 Å². The second-order valence-corrected chi connectivity index (χ2v) is 7.47. The number of amides is 2. The van der Waals surface area contributed by atoms with E-state index in [2.05, 4.69) is 0 Å². The van der Waals surface area contributed by atoms with Gasteiger partial charge in [0.05, 0.1) is 0 Å². The summed E-state index contributed by atoms with van der Waals surface area (Å²) in [5.74, 6) is 0.895. The fourth-order valence-corrected chi connectivity index (χ4v) is 2.75. The van der Waals surface area contributed by atoms with Crippen LogP contribution in [0.2, 0.25) is 0 Å². The van der Waals surface area contributed by atoms with E-state index in [9.17, 15) is 9.59 Å². The summed E-state index contributed by atoms with van der Waals surface area (Å²) in [7, 11) is 1.74. The predicted octanol–water partition coefficient (Wildman–Crippen LogP) is 3.76. The molecule has 0 aromatic heterocycles. The Hall–Kier alpha value is -2.24. The number of benzene rings is 1. The number of carbonyl (C=O) groups is 2. The molecule has 1 heterocycles. The van der Waals surface area contributed by atoms with Gasteiger partial charge in [0.15, 0.2) is 0 Å². The van der Waals surface area contributed by atoms with Crippen LogP contribution >= 0.6 is 0 Å². The molecule has 1 aliphatic heterocycles. The minimum Gasteiger partial charge on any atom is -0.444 e. The summed E-state index contributed by atoms with van der Waals surface area (Å²) in [4.78, 5) is 27.5. The van der Waals surface area contributed by atoms with Crippen molar-refractivity contribution in [3.8, 4) is 5.75 Å². The van der Waals surface area contributed by atoms with E-state index in [1.165, 1.54) is 0 Å². The molecule has 0 unspecified atom stereocenters. The molecule has 1 aromatic rings.